The number of anilines is 1. The molecule has 1 N–H and O–H groups in total. The van der Waals surface area contributed by atoms with Gasteiger partial charge in [-0.3, -0.25) is 9.20 Å². The Labute approximate surface area is 178 Å². The van der Waals surface area contributed by atoms with Crippen molar-refractivity contribution in [1.82, 2.24) is 9.38 Å². The summed E-state index contributed by atoms with van der Waals surface area (Å²) in [6.45, 7) is 2.13. The molecule has 2 aromatic heterocycles. The Morgan fingerprint density at radius 1 is 1.10 bits per heavy atom. The lowest BCUT2D eigenvalue weighted by molar-refractivity contribution is -0.115. The van der Waals surface area contributed by atoms with E-state index in [9.17, 15) is 9.59 Å². The third kappa shape index (κ3) is 4.11. The zero-order chi connectivity index (χ0) is 21.1. The summed E-state index contributed by atoms with van der Waals surface area (Å²) in [6, 6.07) is 15.0. The Hall–Kier alpha value is -3.45. The lowest BCUT2D eigenvalue weighted by Crippen LogP contribution is -2.15. The van der Waals surface area contributed by atoms with Crippen LogP contribution in [0.3, 0.4) is 0 Å². The van der Waals surface area contributed by atoms with Gasteiger partial charge in [0.05, 0.1) is 24.8 Å². The summed E-state index contributed by atoms with van der Waals surface area (Å²) >= 11 is 1.51. The summed E-state index contributed by atoms with van der Waals surface area (Å²) in [5, 5.41) is 4.81. The van der Waals surface area contributed by atoms with Crippen LogP contribution in [0.5, 0.6) is 0 Å². The van der Waals surface area contributed by atoms with Gasteiger partial charge in [0.1, 0.15) is 0 Å². The molecule has 0 saturated carbocycles. The van der Waals surface area contributed by atoms with E-state index in [1.165, 1.54) is 24.0 Å². The van der Waals surface area contributed by atoms with Gasteiger partial charge in [0.25, 0.3) is 0 Å². The molecule has 0 aliphatic carbocycles. The molecule has 2 aromatic carbocycles. The summed E-state index contributed by atoms with van der Waals surface area (Å²) in [4.78, 5) is 29.6. The van der Waals surface area contributed by atoms with Crippen molar-refractivity contribution in [2.24, 2.45) is 0 Å². The number of hydrogen-bond acceptors (Lipinski definition) is 5. The maximum atomic E-state index is 12.5. The van der Waals surface area contributed by atoms with Crippen molar-refractivity contribution in [1.29, 1.82) is 0 Å². The molecule has 0 fully saturated rings. The van der Waals surface area contributed by atoms with Crippen molar-refractivity contribution in [3.8, 4) is 11.3 Å². The van der Waals surface area contributed by atoms with Crippen LogP contribution in [-0.2, 0) is 22.4 Å². The fourth-order valence-corrected chi connectivity index (χ4v) is 4.06. The largest absolute Gasteiger partial charge is 0.465 e. The second kappa shape index (κ2) is 8.51. The zero-order valence-electron chi connectivity index (χ0n) is 16.7. The Kier molecular flexibility index (Phi) is 5.63. The molecular formula is C23H21N3O3S. The monoisotopic (exact) mass is 419 g/mol. The molecule has 4 aromatic rings. The van der Waals surface area contributed by atoms with Crippen LogP contribution in [0.1, 0.15) is 28.5 Å². The van der Waals surface area contributed by atoms with Crippen molar-refractivity contribution in [2.75, 3.05) is 12.4 Å². The fraction of sp³-hybridized carbons (Fsp3) is 0.174. The van der Waals surface area contributed by atoms with Crippen LogP contribution in [0.25, 0.3) is 16.2 Å². The number of thiazole rings is 1. The first-order valence-corrected chi connectivity index (χ1v) is 10.5. The van der Waals surface area contributed by atoms with Crippen LogP contribution in [0.4, 0.5) is 5.69 Å². The van der Waals surface area contributed by atoms with E-state index in [-0.39, 0.29) is 12.3 Å². The highest BCUT2D eigenvalue weighted by atomic mass is 32.1. The quantitative estimate of drug-likeness (QED) is 0.464. The van der Waals surface area contributed by atoms with E-state index in [1.807, 2.05) is 16.0 Å². The molecule has 30 heavy (non-hydrogen) atoms. The Bertz CT molecular complexity index is 1190. The van der Waals surface area contributed by atoms with Crippen molar-refractivity contribution >= 4 is 33.9 Å². The van der Waals surface area contributed by atoms with Gasteiger partial charge in [-0.1, -0.05) is 31.2 Å². The van der Waals surface area contributed by atoms with Crippen LogP contribution in [0.15, 0.2) is 60.1 Å². The predicted molar refractivity (Wildman–Crippen MR) is 118 cm³/mol. The van der Waals surface area contributed by atoms with Gasteiger partial charge in [0.2, 0.25) is 5.91 Å². The van der Waals surface area contributed by atoms with Gasteiger partial charge in [-0.15, -0.1) is 11.3 Å². The highest BCUT2D eigenvalue weighted by Crippen LogP contribution is 2.24. The molecule has 1 amide bonds. The third-order valence-electron chi connectivity index (χ3n) is 4.87. The van der Waals surface area contributed by atoms with Crippen LogP contribution >= 0.6 is 11.3 Å². The Morgan fingerprint density at radius 2 is 1.83 bits per heavy atom. The van der Waals surface area contributed by atoms with E-state index in [4.69, 9.17) is 4.98 Å². The second-order valence-electron chi connectivity index (χ2n) is 6.85. The molecule has 0 radical (unpaired) electrons. The van der Waals surface area contributed by atoms with Gasteiger partial charge in [-0.2, -0.15) is 0 Å². The van der Waals surface area contributed by atoms with Crippen LogP contribution in [0.2, 0.25) is 0 Å². The molecule has 152 valence electrons. The molecular weight excluding hydrogens is 398 g/mol. The number of aryl methyl sites for hydroxylation is 1. The Morgan fingerprint density at radius 3 is 2.50 bits per heavy atom. The Balaban J connectivity index is 1.47. The standard InChI is InChI=1S/C23H21N3O3S/c1-3-15-4-6-16(7-5-15)20-13-26-19(14-30-23(26)25-20)12-21(27)24-18-10-8-17(9-11-18)22(28)29-2/h4-11,13-14H,3,12H2,1-2H3,(H,24,27). The summed E-state index contributed by atoms with van der Waals surface area (Å²) in [5.41, 5.74) is 5.18. The van der Waals surface area contributed by atoms with E-state index in [1.54, 1.807) is 24.3 Å². The van der Waals surface area contributed by atoms with E-state index >= 15 is 0 Å². The number of imidazole rings is 1. The number of nitrogens with one attached hydrogen (secondary N) is 1. The number of amides is 1. The van der Waals surface area contributed by atoms with Crippen LogP contribution in [0, 0.1) is 0 Å². The van der Waals surface area contributed by atoms with Gasteiger partial charge in [-0.05, 0) is 36.2 Å². The van der Waals surface area contributed by atoms with E-state index < -0.39 is 5.97 Å². The average Bonchev–Trinajstić information content (AvgIpc) is 3.36. The first kappa shape index (κ1) is 19.8. The van der Waals surface area contributed by atoms with Gasteiger partial charge < -0.3 is 10.1 Å². The van der Waals surface area contributed by atoms with E-state index in [0.29, 0.717) is 11.3 Å². The number of aromatic nitrogens is 2. The van der Waals surface area contributed by atoms with Crippen molar-refractivity contribution in [3.63, 3.8) is 0 Å². The molecule has 0 spiro atoms. The molecule has 0 atom stereocenters. The molecule has 0 aliphatic rings. The van der Waals surface area contributed by atoms with Gasteiger partial charge in [-0.25, -0.2) is 9.78 Å². The number of nitrogens with zero attached hydrogens (tertiary/aromatic N) is 2. The van der Waals surface area contributed by atoms with Gasteiger partial charge >= 0.3 is 5.97 Å². The summed E-state index contributed by atoms with van der Waals surface area (Å²) in [6.07, 6.45) is 3.20. The number of hydrogen-bond donors (Lipinski definition) is 1. The maximum Gasteiger partial charge on any atom is 0.337 e. The normalized spacial score (nSPS) is 10.9. The number of benzene rings is 2. The van der Waals surface area contributed by atoms with Crippen molar-refractivity contribution in [2.45, 2.75) is 19.8 Å². The number of carbonyl (C=O) groups is 2. The van der Waals surface area contributed by atoms with Crippen molar-refractivity contribution < 1.29 is 14.3 Å². The number of ether oxygens (including phenoxy) is 1. The highest BCUT2D eigenvalue weighted by Gasteiger charge is 2.13. The van der Waals surface area contributed by atoms with Crippen molar-refractivity contribution in [3.05, 3.63) is 76.9 Å². The smallest absolute Gasteiger partial charge is 0.337 e. The van der Waals surface area contributed by atoms with Crippen LogP contribution in [-0.4, -0.2) is 28.4 Å². The number of esters is 1. The number of methoxy groups -OCH3 is 1. The van der Waals surface area contributed by atoms with E-state index in [0.717, 1.165) is 28.3 Å². The minimum atomic E-state index is -0.409. The number of fused-ring (bicyclic) bond motifs is 1. The minimum Gasteiger partial charge on any atom is -0.465 e. The minimum absolute atomic E-state index is 0.136. The number of carbonyl (C=O) groups excluding carboxylic acids is 2. The van der Waals surface area contributed by atoms with Crippen LogP contribution < -0.4 is 5.32 Å². The molecule has 0 saturated heterocycles. The summed E-state index contributed by atoms with van der Waals surface area (Å²) < 4.78 is 6.65. The fourth-order valence-electron chi connectivity index (χ4n) is 3.18. The molecule has 7 heteroatoms. The first-order valence-electron chi connectivity index (χ1n) is 9.60. The van der Waals surface area contributed by atoms with Gasteiger partial charge in [0.15, 0.2) is 4.96 Å². The second-order valence-corrected chi connectivity index (χ2v) is 7.69. The first-order chi connectivity index (χ1) is 14.6. The molecule has 0 bridgehead atoms. The summed E-state index contributed by atoms with van der Waals surface area (Å²) in [7, 11) is 1.33. The predicted octanol–water partition coefficient (Wildman–Crippen LogP) is 4.59. The number of rotatable bonds is 6. The molecule has 2 heterocycles. The van der Waals surface area contributed by atoms with E-state index in [2.05, 4.69) is 41.2 Å². The molecule has 4 rings (SSSR count). The third-order valence-corrected chi connectivity index (χ3v) is 5.76. The maximum absolute atomic E-state index is 12.5. The summed E-state index contributed by atoms with van der Waals surface area (Å²) in [5.74, 6) is -0.545. The molecule has 0 unspecified atom stereocenters. The molecule has 6 nitrogen and oxygen atoms in total. The highest BCUT2D eigenvalue weighted by molar-refractivity contribution is 7.15. The van der Waals surface area contributed by atoms with Gasteiger partial charge in [0, 0.05) is 28.5 Å². The SMILES string of the molecule is CCc1ccc(-c2cn3c(CC(=O)Nc4ccc(C(=O)OC)cc4)csc3n2)cc1. The zero-order valence-corrected chi connectivity index (χ0v) is 17.5. The lowest BCUT2D eigenvalue weighted by atomic mass is 10.1. The lowest BCUT2D eigenvalue weighted by Gasteiger charge is -2.06. The molecule has 0 aliphatic heterocycles. The topological polar surface area (TPSA) is 72.7 Å². The average molecular weight is 420 g/mol.